The van der Waals surface area contributed by atoms with Crippen molar-refractivity contribution in [3.05, 3.63) is 88.8 Å². The van der Waals surface area contributed by atoms with Crippen LogP contribution in [0.5, 0.6) is 0 Å². The van der Waals surface area contributed by atoms with E-state index >= 15 is 0 Å². The molecule has 2 aromatic rings. The number of nitrogens with two attached hydrogens (primary N) is 1. The molecular weight excluding hydrogens is 380 g/mol. The third-order valence-electron chi connectivity index (χ3n) is 5.60. The van der Waals surface area contributed by atoms with Gasteiger partial charge in [-0.15, -0.1) is 0 Å². The predicted octanol–water partition coefficient (Wildman–Crippen LogP) is 2.76. The summed E-state index contributed by atoms with van der Waals surface area (Å²) in [6, 6.07) is 13.7. The average Bonchev–Trinajstić information content (AvgIpc) is 2.73. The normalized spacial score (nSPS) is 21.2. The summed E-state index contributed by atoms with van der Waals surface area (Å²) < 4.78 is 13.0. The molecular formula is C24H25N2O4+. The molecule has 1 aliphatic heterocycles. The summed E-state index contributed by atoms with van der Waals surface area (Å²) >= 11 is 0. The smallest absolute Gasteiger partial charge is 0.340 e. The standard InChI is InChI=1S/C24H24N2O4/c1-3-29-24(28)22-20(16-10-7-11-26(2)14-16)21-18(27)12-17(13-19(21)30-23(22)25)15-8-5-4-6-9-15/h4-11,14,17,20H,3,12-13H2,1-2H3,(H-,25,28)/p+1/t17-,20+/m0/s1. The van der Waals surface area contributed by atoms with Gasteiger partial charge in [0.05, 0.1) is 12.5 Å². The molecule has 4 rings (SSSR count). The molecule has 2 N–H and O–H groups in total. The number of pyridine rings is 1. The predicted molar refractivity (Wildman–Crippen MR) is 110 cm³/mol. The lowest BCUT2D eigenvalue weighted by Gasteiger charge is -2.34. The molecule has 1 aromatic carbocycles. The Labute approximate surface area is 175 Å². The summed E-state index contributed by atoms with van der Waals surface area (Å²) in [5.41, 5.74) is 8.80. The summed E-state index contributed by atoms with van der Waals surface area (Å²) in [7, 11) is 1.89. The summed E-state index contributed by atoms with van der Waals surface area (Å²) in [6.45, 7) is 1.94. The molecule has 2 aliphatic rings. The minimum Gasteiger partial charge on any atom is -0.462 e. The minimum atomic E-state index is -0.607. The van der Waals surface area contributed by atoms with Crippen LogP contribution in [0.2, 0.25) is 0 Å². The van der Waals surface area contributed by atoms with E-state index in [-0.39, 0.29) is 29.8 Å². The highest BCUT2D eigenvalue weighted by Crippen LogP contribution is 2.46. The Morgan fingerprint density at radius 1 is 1.17 bits per heavy atom. The van der Waals surface area contributed by atoms with Crippen LogP contribution in [0.1, 0.15) is 42.7 Å². The van der Waals surface area contributed by atoms with E-state index < -0.39 is 11.9 Å². The van der Waals surface area contributed by atoms with Crippen LogP contribution in [-0.4, -0.2) is 18.4 Å². The second kappa shape index (κ2) is 8.14. The fraction of sp³-hybridized carbons (Fsp3) is 0.292. The molecule has 0 unspecified atom stereocenters. The first kappa shape index (κ1) is 19.9. The van der Waals surface area contributed by atoms with Crippen molar-refractivity contribution in [2.45, 2.75) is 31.6 Å². The van der Waals surface area contributed by atoms with Gasteiger partial charge < -0.3 is 15.2 Å². The highest BCUT2D eigenvalue weighted by atomic mass is 16.5. The Morgan fingerprint density at radius 3 is 2.60 bits per heavy atom. The monoisotopic (exact) mass is 405 g/mol. The van der Waals surface area contributed by atoms with Crippen molar-refractivity contribution >= 4 is 11.8 Å². The molecule has 30 heavy (non-hydrogen) atoms. The maximum absolute atomic E-state index is 13.4. The molecule has 0 radical (unpaired) electrons. The second-order valence-electron chi connectivity index (χ2n) is 7.61. The van der Waals surface area contributed by atoms with Gasteiger partial charge >= 0.3 is 5.97 Å². The molecule has 0 saturated heterocycles. The zero-order chi connectivity index (χ0) is 21.3. The molecule has 6 nitrogen and oxygen atoms in total. The maximum Gasteiger partial charge on any atom is 0.340 e. The second-order valence-corrected chi connectivity index (χ2v) is 7.61. The number of benzene rings is 1. The van der Waals surface area contributed by atoms with E-state index in [1.54, 1.807) is 6.92 Å². The Morgan fingerprint density at radius 2 is 1.90 bits per heavy atom. The number of carbonyl (C=O) groups is 2. The third kappa shape index (κ3) is 3.61. The molecule has 0 bridgehead atoms. The van der Waals surface area contributed by atoms with E-state index in [4.69, 9.17) is 15.2 Å². The number of ketones is 1. The molecule has 154 valence electrons. The van der Waals surface area contributed by atoms with E-state index in [0.717, 1.165) is 11.1 Å². The molecule has 0 amide bonds. The highest BCUT2D eigenvalue weighted by Gasteiger charge is 2.44. The number of rotatable bonds is 4. The number of aryl methyl sites for hydroxylation is 1. The Balaban J connectivity index is 1.81. The first-order valence-electron chi connectivity index (χ1n) is 10.1. The van der Waals surface area contributed by atoms with Crippen LogP contribution in [0.15, 0.2) is 77.6 Å². The molecule has 2 atom stereocenters. The highest BCUT2D eigenvalue weighted by molar-refractivity contribution is 6.03. The van der Waals surface area contributed by atoms with Crippen molar-refractivity contribution in [2.24, 2.45) is 12.8 Å². The molecule has 1 aromatic heterocycles. The van der Waals surface area contributed by atoms with Crippen molar-refractivity contribution in [3.63, 3.8) is 0 Å². The van der Waals surface area contributed by atoms with E-state index in [0.29, 0.717) is 24.2 Å². The van der Waals surface area contributed by atoms with Gasteiger partial charge in [-0.3, -0.25) is 4.79 Å². The van der Waals surface area contributed by atoms with Crippen molar-refractivity contribution in [1.82, 2.24) is 0 Å². The minimum absolute atomic E-state index is 0.00483. The van der Waals surface area contributed by atoms with Gasteiger partial charge in [0.15, 0.2) is 18.2 Å². The average molecular weight is 405 g/mol. The number of esters is 1. The molecule has 2 heterocycles. The number of ether oxygens (including phenoxy) is 2. The molecule has 1 aliphatic carbocycles. The van der Waals surface area contributed by atoms with E-state index in [2.05, 4.69) is 0 Å². The fourth-order valence-electron chi connectivity index (χ4n) is 4.29. The third-order valence-corrected chi connectivity index (χ3v) is 5.60. The number of carbonyl (C=O) groups excluding carboxylic acids is 2. The van der Waals surface area contributed by atoms with Gasteiger partial charge in [0.2, 0.25) is 5.88 Å². The van der Waals surface area contributed by atoms with Gasteiger partial charge in [-0.2, -0.15) is 0 Å². The van der Waals surface area contributed by atoms with Gasteiger partial charge in [-0.05, 0) is 24.5 Å². The van der Waals surface area contributed by atoms with Crippen molar-refractivity contribution in [1.29, 1.82) is 0 Å². The van der Waals surface area contributed by atoms with Crippen molar-refractivity contribution < 1.29 is 23.6 Å². The SMILES string of the molecule is CCOC(=O)C1=C(N)OC2=C(C(=O)C[C@H](c3ccccc3)C2)[C@H]1c1ccc[n+](C)c1. The molecule has 0 fully saturated rings. The number of hydrogen-bond acceptors (Lipinski definition) is 5. The number of Topliss-reactive ketones (excluding diaryl/α,β-unsaturated/α-hetero) is 1. The number of aromatic nitrogens is 1. The lowest BCUT2D eigenvalue weighted by Crippen LogP contribution is -2.35. The van der Waals surface area contributed by atoms with Gasteiger partial charge in [0.1, 0.15) is 18.4 Å². The summed E-state index contributed by atoms with van der Waals surface area (Å²) in [4.78, 5) is 26.1. The number of nitrogens with zero attached hydrogens (tertiary/aromatic N) is 1. The van der Waals surface area contributed by atoms with Crippen LogP contribution in [0, 0.1) is 0 Å². The van der Waals surface area contributed by atoms with E-state index in [1.165, 1.54) is 0 Å². The lowest BCUT2D eigenvalue weighted by atomic mass is 9.73. The van der Waals surface area contributed by atoms with E-state index in [1.807, 2.05) is 66.5 Å². The van der Waals surface area contributed by atoms with Gasteiger partial charge in [0.25, 0.3) is 0 Å². The van der Waals surface area contributed by atoms with Crippen LogP contribution in [0.3, 0.4) is 0 Å². The van der Waals surface area contributed by atoms with E-state index in [9.17, 15) is 9.59 Å². The van der Waals surface area contributed by atoms with Crippen molar-refractivity contribution in [3.8, 4) is 0 Å². The summed E-state index contributed by atoms with van der Waals surface area (Å²) in [6.07, 6.45) is 4.70. The van der Waals surface area contributed by atoms with Crippen LogP contribution in [-0.2, 0) is 26.1 Å². The zero-order valence-corrected chi connectivity index (χ0v) is 17.1. The molecule has 6 heteroatoms. The summed E-state index contributed by atoms with van der Waals surface area (Å²) in [5.74, 6) is -0.634. The quantitative estimate of drug-likeness (QED) is 0.625. The van der Waals surface area contributed by atoms with Crippen LogP contribution < -0.4 is 10.3 Å². The first-order valence-corrected chi connectivity index (χ1v) is 10.1. The Hall–Kier alpha value is -3.41. The Kier molecular flexibility index (Phi) is 5.40. The first-order chi connectivity index (χ1) is 14.5. The van der Waals surface area contributed by atoms with Gasteiger partial charge in [0, 0.05) is 30.0 Å². The van der Waals surface area contributed by atoms with Crippen LogP contribution in [0.4, 0.5) is 0 Å². The van der Waals surface area contributed by atoms with Crippen molar-refractivity contribution in [2.75, 3.05) is 6.61 Å². The largest absolute Gasteiger partial charge is 0.462 e. The van der Waals surface area contributed by atoms with Crippen LogP contribution >= 0.6 is 0 Å². The summed E-state index contributed by atoms with van der Waals surface area (Å²) in [5, 5.41) is 0. The van der Waals surface area contributed by atoms with Gasteiger partial charge in [-0.1, -0.05) is 30.3 Å². The number of hydrogen-bond donors (Lipinski definition) is 1. The topological polar surface area (TPSA) is 82.5 Å². The Bertz CT molecular complexity index is 1060. The van der Waals surface area contributed by atoms with Crippen LogP contribution in [0.25, 0.3) is 0 Å². The fourth-order valence-corrected chi connectivity index (χ4v) is 4.29. The maximum atomic E-state index is 13.4. The molecule has 0 spiro atoms. The number of allylic oxidation sites excluding steroid dienone is 2. The lowest BCUT2D eigenvalue weighted by molar-refractivity contribution is -0.671. The zero-order valence-electron chi connectivity index (χ0n) is 17.1. The van der Waals surface area contributed by atoms with Gasteiger partial charge in [-0.25, -0.2) is 9.36 Å². The molecule has 0 saturated carbocycles.